The molecule has 548 valence electrons. The van der Waals surface area contributed by atoms with Crippen LogP contribution in [0.5, 0.6) is 0 Å². The van der Waals surface area contributed by atoms with Gasteiger partial charge in [-0.25, -0.2) is 4.98 Å². The topological polar surface area (TPSA) is 557 Å². The minimum absolute atomic E-state index is 0.0133. The van der Waals surface area contributed by atoms with Crippen LogP contribution in [-0.4, -0.2) is 271 Å². The summed E-state index contributed by atoms with van der Waals surface area (Å²) in [7, 11) is 3.39. The van der Waals surface area contributed by atoms with Gasteiger partial charge < -0.3 is 106 Å². The quantitative estimate of drug-likeness (QED) is 0.0573. The van der Waals surface area contributed by atoms with Crippen molar-refractivity contribution in [2.45, 2.75) is 165 Å². The van der Waals surface area contributed by atoms with E-state index in [4.69, 9.17) is 11.5 Å². The highest BCUT2D eigenvalue weighted by Crippen LogP contribution is 2.26. The molecular formula is C57H92N18O18S5. The normalized spacial score (nSPS) is 28.9. The number of nitrogens with zero attached hydrogens (tertiary/aromatic N) is 2. The molecule has 98 heavy (non-hydrogen) atoms. The number of hydrogen-bond acceptors (Lipinski definition) is 25. The summed E-state index contributed by atoms with van der Waals surface area (Å²) in [6.45, 7) is 5.09. The molecular weight excluding hydrogens is 1390 g/mol. The van der Waals surface area contributed by atoms with Gasteiger partial charge in [-0.2, -0.15) is 11.8 Å². The Morgan fingerprint density at radius 3 is 1.62 bits per heavy atom. The highest BCUT2D eigenvalue weighted by molar-refractivity contribution is 8.77. The van der Waals surface area contributed by atoms with Gasteiger partial charge in [0.2, 0.25) is 88.6 Å². The summed E-state index contributed by atoms with van der Waals surface area (Å²) < 4.78 is 0. The molecule has 0 aromatic carbocycles. The van der Waals surface area contributed by atoms with Crippen molar-refractivity contribution in [3.8, 4) is 0 Å². The molecule has 3 aliphatic heterocycles. The fourth-order valence-electron chi connectivity index (χ4n) is 9.77. The van der Waals surface area contributed by atoms with Gasteiger partial charge in [0.1, 0.15) is 84.6 Å². The second kappa shape index (κ2) is 42.1. The van der Waals surface area contributed by atoms with Crippen molar-refractivity contribution in [2.24, 2.45) is 23.3 Å². The Labute approximate surface area is 585 Å². The molecule has 4 rings (SSSR count). The number of amides is 15. The second-order valence-corrected chi connectivity index (χ2v) is 29.7. The maximum Gasteiger partial charge on any atom is 0.246 e. The lowest BCUT2D eigenvalue weighted by molar-refractivity contribution is -0.143. The maximum absolute atomic E-state index is 14.7. The van der Waals surface area contributed by atoms with E-state index in [0.717, 1.165) is 43.2 Å². The van der Waals surface area contributed by atoms with E-state index in [1.165, 1.54) is 43.0 Å². The number of nitrogens with one attached hydrogen (secondary N) is 14. The average molecular weight is 1480 g/mol. The number of primary amides is 1. The Morgan fingerprint density at radius 1 is 0.612 bits per heavy atom. The standard InChI is InChI=1S/C57H92N18O18S5/c1-8-27(4)43-56(92)70-36(44(59)80)21-95-97-23-38-52(88)69-35(20-78)50(86)66-32(15-30-17-60-25-61-30)57(93)75-13-9-12-40(75)54(90)73-42(26(2)3)55(91)72-39(24-98-96-22-37(51(87)71-38)64-41(79)16-58)53(89)68-34(19-77)49(85)62-28(5)45(81)65-31(11-10-14-94-7)47(83)67-33(18-76)48(84)63-29(6)46(82)74-43/h17,25-29,31-40,42-43,76-78H,8-16,18-24,58H2,1-7H3,(H2,59,80)(H,60,61)(H,62,85)(H,63,84)(H,64,79)(H,65,81)(H,66,86)(H,67,83)(H,68,89)(H,69,88)(H,70,92)(H,71,87)(H,72,91)(H,73,90)(H,74,82)/t27-,28-,29-,31-,32-,33-,34-,35-,36-,37-,38-,39-,40-,42-,43-/m0/s1. The number of carbonyl (C=O) groups excluding carboxylic acids is 15. The first-order valence-electron chi connectivity index (χ1n) is 31.5. The number of H-pyrrole nitrogens is 1. The number of aliphatic hydroxyl groups is 3. The van der Waals surface area contributed by atoms with E-state index >= 15 is 0 Å². The molecule has 15 atom stereocenters. The van der Waals surface area contributed by atoms with Gasteiger partial charge in [-0.15, -0.1) is 0 Å². The Bertz CT molecular complexity index is 2960. The van der Waals surface area contributed by atoms with E-state index in [1.54, 1.807) is 34.0 Å². The van der Waals surface area contributed by atoms with Crippen molar-refractivity contribution in [1.82, 2.24) is 84.0 Å². The first kappa shape index (κ1) is 83.3. The first-order chi connectivity index (χ1) is 46.5. The number of carbonyl (C=O) groups is 15. The molecule has 36 nitrogen and oxygen atoms in total. The molecule has 41 heteroatoms. The van der Waals surface area contributed by atoms with Crippen LogP contribution in [0.2, 0.25) is 0 Å². The zero-order valence-electron chi connectivity index (χ0n) is 55.3. The molecule has 0 spiro atoms. The minimum Gasteiger partial charge on any atom is -0.394 e. The largest absolute Gasteiger partial charge is 0.394 e. The Morgan fingerprint density at radius 2 is 1.10 bits per heavy atom. The predicted octanol–water partition coefficient (Wildman–Crippen LogP) is -7.66. The number of hydrogen-bond donors (Lipinski definition) is 19. The van der Waals surface area contributed by atoms with Crippen molar-refractivity contribution in [3.63, 3.8) is 0 Å². The van der Waals surface area contributed by atoms with Crippen molar-refractivity contribution in [1.29, 1.82) is 0 Å². The molecule has 3 saturated heterocycles. The number of thioether (sulfide) groups is 1. The minimum atomic E-state index is -1.84. The van der Waals surface area contributed by atoms with E-state index in [-0.39, 0.29) is 50.2 Å². The van der Waals surface area contributed by atoms with E-state index in [9.17, 15) is 87.2 Å². The zero-order chi connectivity index (χ0) is 72.9. The Kier molecular flexibility index (Phi) is 35.7. The van der Waals surface area contributed by atoms with Crippen LogP contribution < -0.4 is 80.6 Å². The number of aliphatic hydroxyl groups excluding tert-OH is 3. The number of imidazole rings is 1. The van der Waals surface area contributed by atoms with Gasteiger partial charge >= 0.3 is 0 Å². The number of rotatable bonds is 15. The lowest BCUT2D eigenvalue weighted by atomic mass is 9.97. The van der Waals surface area contributed by atoms with E-state index in [0.29, 0.717) is 17.9 Å². The lowest BCUT2D eigenvalue weighted by Gasteiger charge is -2.31. The summed E-state index contributed by atoms with van der Waals surface area (Å²) in [5, 5.41) is 63.8. The fraction of sp³-hybridized carbons (Fsp3) is 0.684. The number of nitrogens with two attached hydrogens (primary N) is 2. The molecule has 0 radical (unpaired) electrons. The highest BCUT2D eigenvalue weighted by Gasteiger charge is 2.42. The van der Waals surface area contributed by atoms with Crippen LogP contribution >= 0.6 is 54.9 Å². The smallest absolute Gasteiger partial charge is 0.246 e. The summed E-state index contributed by atoms with van der Waals surface area (Å²) in [6.07, 6.45) is 5.15. The van der Waals surface area contributed by atoms with Crippen molar-refractivity contribution >= 4 is 144 Å². The summed E-state index contributed by atoms with van der Waals surface area (Å²) in [6, 6.07) is -21.7. The molecule has 15 amide bonds. The summed E-state index contributed by atoms with van der Waals surface area (Å²) in [5.41, 5.74) is 11.8. The molecule has 21 N–H and O–H groups in total. The number of fused-ring (bicyclic) bond motifs is 9. The SMILES string of the molecule is CC[C@H](C)[C@@H]1NC(=O)[C@H](C)NC(=O)[C@H](CO)NC(=O)[C@H](CCCSC)NC(=O)[C@H](C)NC(=O)[C@H](CO)NC(=O)[C@@H]2CSSC[C@H](NC(=O)CN)C(=O)N[C@@H](CSSC[C@@H](C(N)=O)NC1=O)C(=O)N[C@@H](CO)C(=O)N[C@@H](Cc1cnc[nH]1)C(=O)N1CCC[C@H]1C(=O)N[C@@H](C(C)C)C(=O)N2. The molecule has 0 unspecified atom stereocenters. The van der Waals surface area contributed by atoms with Crippen LogP contribution in [0.4, 0.5) is 0 Å². The lowest BCUT2D eigenvalue weighted by Crippen LogP contribution is -2.62. The van der Waals surface area contributed by atoms with Gasteiger partial charge in [-0.3, -0.25) is 71.9 Å². The third-order valence-electron chi connectivity index (χ3n) is 15.8. The van der Waals surface area contributed by atoms with Crippen LogP contribution in [0.1, 0.15) is 79.3 Å². The molecule has 0 saturated carbocycles. The summed E-state index contributed by atoms with van der Waals surface area (Å²) in [4.78, 5) is 218. The van der Waals surface area contributed by atoms with Gasteiger partial charge in [0.05, 0.1) is 32.7 Å². The van der Waals surface area contributed by atoms with Crippen LogP contribution in [0.25, 0.3) is 0 Å². The average Bonchev–Trinajstić information content (AvgIpc) is 1.59. The van der Waals surface area contributed by atoms with Crippen LogP contribution in [-0.2, 0) is 78.3 Å². The monoisotopic (exact) mass is 1480 g/mol. The molecule has 1 aromatic heterocycles. The van der Waals surface area contributed by atoms with Crippen molar-refractivity contribution < 1.29 is 87.2 Å². The maximum atomic E-state index is 14.7. The molecule has 3 fully saturated rings. The molecule has 2 bridgehead atoms. The van der Waals surface area contributed by atoms with Crippen LogP contribution in [0.3, 0.4) is 0 Å². The van der Waals surface area contributed by atoms with E-state index in [2.05, 4.69) is 79.1 Å². The fourth-order valence-corrected chi connectivity index (χ4v) is 14.9. The Hall–Kier alpha value is -7.15. The number of aromatic amines is 1. The third-order valence-corrected chi connectivity index (χ3v) is 21.3. The van der Waals surface area contributed by atoms with Gasteiger partial charge in [0.25, 0.3) is 0 Å². The first-order valence-corrected chi connectivity index (χ1v) is 37.9. The number of aromatic nitrogens is 2. The van der Waals surface area contributed by atoms with E-state index in [1.807, 2.05) is 0 Å². The Balaban J connectivity index is 1.88. The van der Waals surface area contributed by atoms with Gasteiger partial charge in [-0.1, -0.05) is 77.3 Å². The van der Waals surface area contributed by atoms with Gasteiger partial charge in [0, 0.05) is 47.9 Å². The van der Waals surface area contributed by atoms with Crippen LogP contribution in [0.15, 0.2) is 12.5 Å². The molecule has 3 aliphatic rings. The molecule has 0 aliphatic carbocycles. The zero-order valence-corrected chi connectivity index (χ0v) is 59.3. The molecule has 1 aromatic rings. The third kappa shape index (κ3) is 25.9. The summed E-state index contributed by atoms with van der Waals surface area (Å²) in [5.74, 6) is -17.1. The van der Waals surface area contributed by atoms with Crippen molar-refractivity contribution in [3.05, 3.63) is 18.2 Å². The van der Waals surface area contributed by atoms with Crippen molar-refractivity contribution in [2.75, 3.05) is 67.9 Å². The second-order valence-electron chi connectivity index (χ2n) is 23.6. The van der Waals surface area contributed by atoms with E-state index < -0.39 is 223 Å². The van der Waals surface area contributed by atoms with Crippen LogP contribution in [0, 0.1) is 11.8 Å². The van der Waals surface area contributed by atoms with Gasteiger partial charge in [-0.05, 0) is 63.4 Å². The highest BCUT2D eigenvalue weighted by atomic mass is 33.1. The van der Waals surface area contributed by atoms with Gasteiger partial charge in [0.15, 0.2) is 0 Å². The predicted molar refractivity (Wildman–Crippen MR) is 365 cm³/mol. The summed E-state index contributed by atoms with van der Waals surface area (Å²) >= 11 is 1.42. The molecule has 4 heterocycles.